The van der Waals surface area contributed by atoms with E-state index in [-0.39, 0.29) is 0 Å². The molecule has 0 aliphatic carbocycles. The van der Waals surface area contributed by atoms with E-state index in [1.54, 1.807) is 31.3 Å². The number of nitrogens with one attached hydrogen (secondary N) is 2. The Morgan fingerprint density at radius 3 is 2.28 bits per heavy atom. The average molecular weight is 270 g/mol. The number of anilines is 1. The predicted molar refractivity (Wildman–Crippen MR) is 75.3 cm³/mol. The molecule has 0 atom stereocenters. The van der Waals surface area contributed by atoms with Gasteiger partial charge in [-0.25, -0.2) is 13.1 Å². The molecule has 0 bridgehead atoms. The fourth-order valence-corrected chi connectivity index (χ4v) is 2.72. The Kier molecular flexibility index (Phi) is 6.15. The molecular weight excluding hydrogens is 248 g/mol. The lowest BCUT2D eigenvalue weighted by atomic mass is 10.2. The summed E-state index contributed by atoms with van der Waals surface area (Å²) in [6.45, 7) is 2.64. The molecule has 0 unspecified atom stereocenters. The van der Waals surface area contributed by atoms with E-state index in [2.05, 4.69) is 17.0 Å². The van der Waals surface area contributed by atoms with Crippen LogP contribution in [0.4, 0.5) is 5.69 Å². The van der Waals surface area contributed by atoms with E-state index >= 15 is 0 Å². The summed E-state index contributed by atoms with van der Waals surface area (Å²) in [6, 6.07) is 6.73. The highest BCUT2D eigenvalue weighted by atomic mass is 32.2. The first-order valence-corrected chi connectivity index (χ1v) is 7.86. The second-order valence-corrected chi connectivity index (χ2v) is 6.00. The van der Waals surface area contributed by atoms with Crippen LogP contribution in [0.5, 0.6) is 0 Å². The highest BCUT2D eigenvalue weighted by Crippen LogP contribution is 2.13. The maximum atomic E-state index is 11.9. The molecular formula is C13H22N2O2S. The third-order valence-electron chi connectivity index (χ3n) is 2.78. The Balaban J connectivity index is 2.51. The zero-order chi connectivity index (χ0) is 13.4. The Morgan fingerprint density at radius 2 is 1.72 bits per heavy atom. The van der Waals surface area contributed by atoms with E-state index in [0.29, 0.717) is 11.4 Å². The standard InChI is InChI=1S/C13H22N2O2S/c1-3-4-5-6-11-15-18(16,17)13-9-7-12(14-2)8-10-13/h7-10,14-15H,3-6,11H2,1-2H3. The molecule has 0 heterocycles. The lowest BCUT2D eigenvalue weighted by molar-refractivity contribution is 0.573. The highest BCUT2D eigenvalue weighted by Gasteiger charge is 2.12. The predicted octanol–water partition coefficient (Wildman–Crippen LogP) is 2.59. The van der Waals surface area contributed by atoms with Crippen LogP contribution < -0.4 is 10.0 Å². The van der Waals surface area contributed by atoms with Crippen molar-refractivity contribution in [2.24, 2.45) is 0 Å². The summed E-state index contributed by atoms with van der Waals surface area (Å²) < 4.78 is 26.5. The number of sulfonamides is 1. The molecule has 1 rings (SSSR count). The van der Waals surface area contributed by atoms with Crippen LogP contribution >= 0.6 is 0 Å². The fourth-order valence-electron chi connectivity index (χ4n) is 1.64. The molecule has 0 saturated carbocycles. The summed E-state index contributed by atoms with van der Waals surface area (Å²) in [6.07, 6.45) is 4.26. The van der Waals surface area contributed by atoms with Gasteiger partial charge in [0, 0.05) is 19.3 Å². The summed E-state index contributed by atoms with van der Waals surface area (Å²) in [5, 5.41) is 2.96. The van der Waals surface area contributed by atoms with Crippen molar-refractivity contribution in [2.75, 3.05) is 18.9 Å². The van der Waals surface area contributed by atoms with Crippen LogP contribution in [-0.2, 0) is 10.0 Å². The number of benzene rings is 1. The van der Waals surface area contributed by atoms with Gasteiger partial charge in [-0.3, -0.25) is 0 Å². The largest absolute Gasteiger partial charge is 0.388 e. The zero-order valence-electron chi connectivity index (χ0n) is 11.1. The first kappa shape index (κ1) is 15.0. The van der Waals surface area contributed by atoms with Gasteiger partial charge in [0.2, 0.25) is 10.0 Å². The second kappa shape index (κ2) is 7.38. The van der Waals surface area contributed by atoms with E-state index in [1.165, 1.54) is 0 Å². The average Bonchev–Trinajstić information content (AvgIpc) is 2.38. The molecule has 1 aromatic carbocycles. The lowest BCUT2D eigenvalue weighted by Gasteiger charge is -2.07. The molecule has 0 fully saturated rings. The Morgan fingerprint density at radius 1 is 1.06 bits per heavy atom. The van der Waals surface area contributed by atoms with Gasteiger partial charge in [0.05, 0.1) is 4.90 Å². The van der Waals surface area contributed by atoms with Gasteiger partial charge >= 0.3 is 0 Å². The molecule has 0 aliphatic heterocycles. The van der Waals surface area contributed by atoms with E-state index < -0.39 is 10.0 Å². The lowest BCUT2D eigenvalue weighted by Crippen LogP contribution is -2.24. The van der Waals surface area contributed by atoms with Crippen molar-refractivity contribution in [1.82, 2.24) is 4.72 Å². The van der Waals surface area contributed by atoms with Gasteiger partial charge in [-0.15, -0.1) is 0 Å². The smallest absolute Gasteiger partial charge is 0.240 e. The van der Waals surface area contributed by atoms with Gasteiger partial charge in [-0.1, -0.05) is 26.2 Å². The molecule has 18 heavy (non-hydrogen) atoms. The third-order valence-corrected chi connectivity index (χ3v) is 4.25. The molecule has 2 N–H and O–H groups in total. The first-order valence-electron chi connectivity index (χ1n) is 6.37. The highest BCUT2D eigenvalue weighted by molar-refractivity contribution is 7.89. The molecule has 1 aromatic rings. The van der Waals surface area contributed by atoms with Gasteiger partial charge in [0.1, 0.15) is 0 Å². The van der Waals surface area contributed by atoms with Crippen LogP contribution in [0, 0.1) is 0 Å². The molecule has 4 nitrogen and oxygen atoms in total. The zero-order valence-corrected chi connectivity index (χ0v) is 11.9. The van der Waals surface area contributed by atoms with Gasteiger partial charge in [0.15, 0.2) is 0 Å². The first-order chi connectivity index (χ1) is 8.60. The summed E-state index contributed by atoms with van der Waals surface area (Å²) in [7, 11) is -1.55. The minimum absolute atomic E-state index is 0.317. The van der Waals surface area contributed by atoms with Crippen molar-refractivity contribution in [1.29, 1.82) is 0 Å². The number of hydrogen-bond acceptors (Lipinski definition) is 3. The van der Waals surface area contributed by atoms with Gasteiger partial charge in [0.25, 0.3) is 0 Å². The van der Waals surface area contributed by atoms with Gasteiger partial charge in [-0.2, -0.15) is 0 Å². The quantitative estimate of drug-likeness (QED) is 0.714. The summed E-state index contributed by atoms with van der Waals surface area (Å²) in [5.41, 5.74) is 0.900. The van der Waals surface area contributed by atoms with Crippen molar-refractivity contribution in [3.05, 3.63) is 24.3 Å². The maximum Gasteiger partial charge on any atom is 0.240 e. The van der Waals surface area contributed by atoms with Crippen LogP contribution in [-0.4, -0.2) is 22.0 Å². The molecule has 0 saturated heterocycles. The van der Waals surface area contributed by atoms with Crippen molar-refractivity contribution in [3.63, 3.8) is 0 Å². The maximum absolute atomic E-state index is 11.9. The summed E-state index contributed by atoms with van der Waals surface area (Å²) >= 11 is 0. The fraction of sp³-hybridized carbons (Fsp3) is 0.538. The monoisotopic (exact) mass is 270 g/mol. The minimum Gasteiger partial charge on any atom is -0.388 e. The van der Waals surface area contributed by atoms with Crippen LogP contribution in [0.2, 0.25) is 0 Å². The number of rotatable bonds is 8. The van der Waals surface area contributed by atoms with Crippen molar-refractivity contribution in [3.8, 4) is 0 Å². The molecule has 0 aromatic heterocycles. The van der Waals surface area contributed by atoms with E-state index in [0.717, 1.165) is 31.4 Å². The number of hydrogen-bond donors (Lipinski definition) is 2. The molecule has 0 amide bonds. The molecule has 0 aliphatic rings. The van der Waals surface area contributed by atoms with Crippen LogP contribution in [0.3, 0.4) is 0 Å². The van der Waals surface area contributed by atoms with Crippen molar-refractivity contribution >= 4 is 15.7 Å². The SMILES string of the molecule is CCCCCCNS(=O)(=O)c1ccc(NC)cc1. The van der Waals surface area contributed by atoms with Crippen LogP contribution in [0.1, 0.15) is 32.6 Å². The third kappa shape index (κ3) is 4.66. The van der Waals surface area contributed by atoms with E-state index in [9.17, 15) is 8.42 Å². The molecule has 102 valence electrons. The number of unbranched alkanes of at least 4 members (excludes halogenated alkanes) is 3. The Labute approximate surface area is 110 Å². The normalized spacial score (nSPS) is 11.4. The molecule has 0 radical (unpaired) electrons. The van der Waals surface area contributed by atoms with Gasteiger partial charge < -0.3 is 5.32 Å². The summed E-state index contributed by atoms with van der Waals surface area (Å²) in [4.78, 5) is 0.317. The Bertz CT molecular complexity index is 441. The van der Waals surface area contributed by atoms with E-state index in [4.69, 9.17) is 0 Å². The second-order valence-electron chi connectivity index (χ2n) is 4.23. The minimum atomic E-state index is -3.35. The van der Waals surface area contributed by atoms with Gasteiger partial charge in [-0.05, 0) is 30.7 Å². The molecule has 0 spiro atoms. The molecule has 5 heteroatoms. The Hall–Kier alpha value is -1.07. The van der Waals surface area contributed by atoms with E-state index in [1.807, 2.05) is 0 Å². The topological polar surface area (TPSA) is 58.2 Å². The van der Waals surface area contributed by atoms with Crippen LogP contribution in [0.15, 0.2) is 29.2 Å². The van der Waals surface area contributed by atoms with Crippen molar-refractivity contribution < 1.29 is 8.42 Å². The summed E-state index contributed by atoms with van der Waals surface area (Å²) in [5.74, 6) is 0. The van der Waals surface area contributed by atoms with Crippen molar-refractivity contribution in [2.45, 2.75) is 37.5 Å². The van der Waals surface area contributed by atoms with Crippen LogP contribution in [0.25, 0.3) is 0 Å².